The summed E-state index contributed by atoms with van der Waals surface area (Å²) >= 11 is 0. The van der Waals surface area contributed by atoms with E-state index in [0.717, 1.165) is 44.4 Å². The average molecular weight is 934 g/mol. The van der Waals surface area contributed by atoms with Gasteiger partial charge in [-0.2, -0.15) is 0 Å². The van der Waals surface area contributed by atoms with Crippen LogP contribution in [-0.2, 0) is 70.8 Å². The van der Waals surface area contributed by atoms with Gasteiger partial charge in [0.1, 0.15) is 23.9 Å². The molecule has 68 heavy (non-hydrogen) atoms. The van der Waals surface area contributed by atoms with E-state index < -0.39 is 47.2 Å². The Morgan fingerprint density at radius 1 is 1.04 bits per heavy atom. The van der Waals surface area contributed by atoms with Crippen molar-refractivity contribution < 1.29 is 43.3 Å². The molecule has 0 radical (unpaired) electrons. The summed E-state index contributed by atoms with van der Waals surface area (Å²) in [4.78, 5) is 77.1. The number of cyclic esters (lactones) is 1. The minimum Gasteiger partial charge on any atom is -0.508 e. The second-order valence-corrected chi connectivity index (χ2v) is 19.5. The molecule has 0 spiro atoms. The van der Waals surface area contributed by atoms with Gasteiger partial charge in [0.15, 0.2) is 0 Å². The lowest BCUT2D eigenvalue weighted by atomic mass is 9.83. The summed E-state index contributed by atoms with van der Waals surface area (Å²) in [7, 11) is 4.90. The molecule has 2 aromatic carbocycles. The molecule has 6 bridgehead atoms. The number of aryl methyl sites for hydroxylation is 1. The van der Waals surface area contributed by atoms with Crippen LogP contribution >= 0.6 is 0 Å². The van der Waals surface area contributed by atoms with E-state index >= 15 is 0 Å². The van der Waals surface area contributed by atoms with E-state index in [1.165, 1.54) is 16.0 Å². The zero-order valence-electron chi connectivity index (χ0n) is 40.7. The first-order valence-corrected chi connectivity index (χ1v) is 23.6. The van der Waals surface area contributed by atoms with E-state index in [1.54, 1.807) is 38.3 Å². The zero-order valence-corrected chi connectivity index (χ0v) is 40.7. The number of aromatic nitrogens is 2. The van der Waals surface area contributed by atoms with E-state index in [1.807, 2.05) is 38.4 Å². The number of fused-ring (bicyclic) bond motifs is 6. The fraction of sp³-hybridized carbons (Fsp3) is 0.500. The number of likely N-dealkylation sites (N-methyl/N-ethyl adjacent to an activating group) is 1. The molecule has 4 aromatic rings. The molecule has 2 saturated heterocycles. The number of likely N-dealkylation sites (tertiary alicyclic amines) is 1. The van der Waals surface area contributed by atoms with Crippen LogP contribution in [0.15, 0.2) is 61.4 Å². The molecule has 7 rings (SSSR count). The Morgan fingerprint density at radius 2 is 1.76 bits per heavy atom. The van der Waals surface area contributed by atoms with Crippen molar-refractivity contribution in [2.24, 2.45) is 17.3 Å². The van der Waals surface area contributed by atoms with Crippen molar-refractivity contribution in [2.45, 2.75) is 105 Å². The number of esters is 1. The molecule has 5 heterocycles. The number of hydrogen-bond donors (Lipinski definition) is 3. The van der Waals surface area contributed by atoms with E-state index in [9.17, 15) is 29.1 Å². The quantitative estimate of drug-likeness (QED) is 0.120. The van der Waals surface area contributed by atoms with E-state index in [2.05, 4.69) is 59.8 Å². The standard InChI is InChI=1S/C52H67N7O9/c1-10-44(61)57-18-16-34(27-57)49(63)56(7)46(31(3)4)48(62)54-42-21-32-19-35(22-38(60)20-32)33-14-15-43-39(23-33)40(24-52(5,6)30-68-51(65)41-13-12-17-59(55-41)50(42)64)47(58(43)11-2)45-36(28-66-8)25-53-26-37(45)29-67-9/h10,14-15,19-20,22-23,25-26,31,34,41-42,46,55,60H,1,11-13,16-18,21,24,27-30H2,2-9H3,(H,54,62)/t34-,41-,42-,46-/m0/s1. The Morgan fingerprint density at radius 3 is 2.43 bits per heavy atom. The molecule has 3 N–H and O–H groups in total. The van der Waals surface area contributed by atoms with Crippen molar-refractivity contribution in [3.05, 3.63) is 83.7 Å². The molecule has 0 unspecified atom stereocenters. The predicted molar refractivity (Wildman–Crippen MR) is 258 cm³/mol. The molecule has 0 aliphatic carbocycles. The number of nitrogens with one attached hydrogen (secondary N) is 2. The topological polar surface area (TPSA) is 185 Å². The van der Waals surface area contributed by atoms with Crippen LogP contribution in [0.3, 0.4) is 0 Å². The van der Waals surface area contributed by atoms with Crippen LogP contribution in [0, 0.1) is 17.3 Å². The van der Waals surface area contributed by atoms with Crippen molar-refractivity contribution in [3.8, 4) is 28.1 Å². The molecule has 2 fully saturated rings. The molecule has 16 heteroatoms. The number of aromatic hydroxyl groups is 1. The Labute approximate surface area is 398 Å². The molecule has 364 valence electrons. The number of amides is 4. The Hall–Kier alpha value is -6.10. The largest absolute Gasteiger partial charge is 0.508 e. The van der Waals surface area contributed by atoms with E-state index in [-0.39, 0.29) is 49.6 Å². The van der Waals surface area contributed by atoms with Crippen molar-refractivity contribution >= 4 is 40.5 Å². The molecule has 2 aromatic heterocycles. The number of phenols is 1. The third-order valence-corrected chi connectivity index (χ3v) is 13.5. The van der Waals surface area contributed by atoms with Gasteiger partial charge in [-0.25, -0.2) is 5.43 Å². The van der Waals surface area contributed by atoms with E-state index in [0.29, 0.717) is 63.1 Å². The number of pyridine rings is 1. The molecule has 3 aliphatic rings. The van der Waals surface area contributed by atoms with Gasteiger partial charge in [-0.05, 0) is 91.1 Å². The summed E-state index contributed by atoms with van der Waals surface area (Å²) in [5.74, 6) is -2.91. The van der Waals surface area contributed by atoms with Crippen molar-refractivity contribution in [1.29, 1.82) is 0 Å². The van der Waals surface area contributed by atoms with Crippen LogP contribution in [0.2, 0.25) is 0 Å². The van der Waals surface area contributed by atoms with Crippen LogP contribution < -0.4 is 10.7 Å². The fourth-order valence-corrected chi connectivity index (χ4v) is 10.3. The Kier molecular flexibility index (Phi) is 15.4. The minimum atomic E-state index is -1.17. The number of benzene rings is 2. The zero-order chi connectivity index (χ0) is 49.0. The van der Waals surface area contributed by atoms with Crippen LogP contribution in [0.25, 0.3) is 33.3 Å². The summed E-state index contributed by atoms with van der Waals surface area (Å²) in [6.45, 7) is 15.8. The van der Waals surface area contributed by atoms with Gasteiger partial charge in [0.25, 0.3) is 5.91 Å². The molecule has 3 aliphatic heterocycles. The van der Waals surface area contributed by atoms with Gasteiger partial charge in [0.05, 0.1) is 31.4 Å². The third kappa shape index (κ3) is 10.5. The first kappa shape index (κ1) is 49.8. The van der Waals surface area contributed by atoms with Gasteiger partial charge in [-0.1, -0.05) is 46.4 Å². The SMILES string of the molecule is C=CC(=O)N1CC[C@H](C(=O)N(C)[C@H](C(=O)N[C@H]2Cc3cc(O)cc(c3)-c3ccc4c(c3)c(c(-c3c(COC)cncc3COC)n4CC)CC(C)(C)COC(=O)[C@@H]3CCCN(N3)C2=O)C(C)C)C1. The lowest BCUT2D eigenvalue weighted by Gasteiger charge is -2.37. The molecule has 4 amide bonds. The second kappa shape index (κ2) is 21.0. The highest BCUT2D eigenvalue weighted by molar-refractivity contribution is 5.97. The van der Waals surface area contributed by atoms with Crippen LogP contribution in [-0.4, -0.2) is 125 Å². The molecule has 16 nitrogen and oxygen atoms in total. The minimum absolute atomic E-state index is 0.0202. The lowest BCUT2D eigenvalue weighted by molar-refractivity contribution is -0.155. The average Bonchev–Trinajstić information content (AvgIpc) is 3.92. The molecule has 0 saturated carbocycles. The summed E-state index contributed by atoms with van der Waals surface area (Å²) < 4.78 is 19.8. The number of nitrogens with zero attached hydrogens (tertiary/aromatic N) is 5. The van der Waals surface area contributed by atoms with Gasteiger partial charge >= 0.3 is 5.97 Å². The maximum atomic E-state index is 14.7. The van der Waals surface area contributed by atoms with Crippen LogP contribution in [0.4, 0.5) is 0 Å². The molecular weight excluding hydrogens is 867 g/mol. The van der Waals surface area contributed by atoms with Gasteiger partial charge in [0.2, 0.25) is 17.7 Å². The first-order valence-electron chi connectivity index (χ1n) is 23.6. The molecular formula is C52H67N7O9. The number of hydrogen-bond acceptors (Lipinski definition) is 11. The maximum absolute atomic E-state index is 14.7. The highest BCUT2D eigenvalue weighted by atomic mass is 16.5. The Bertz CT molecular complexity index is 2540. The van der Waals surface area contributed by atoms with Crippen LogP contribution in [0.5, 0.6) is 5.75 Å². The smallest absolute Gasteiger partial charge is 0.324 e. The summed E-state index contributed by atoms with van der Waals surface area (Å²) in [5.41, 5.74) is 10.5. The number of rotatable bonds is 12. The lowest BCUT2D eigenvalue weighted by Crippen LogP contribution is -2.62. The summed E-state index contributed by atoms with van der Waals surface area (Å²) in [6, 6.07) is 8.45. The fourth-order valence-electron chi connectivity index (χ4n) is 10.3. The van der Waals surface area contributed by atoms with Gasteiger partial charge in [0, 0.05) is 99.3 Å². The van der Waals surface area contributed by atoms with Gasteiger partial charge in [-0.3, -0.25) is 34.0 Å². The monoisotopic (exact) mass is 934 g/mol. The highest BCUT2D eigenvalue weighted by Crippen LogP contribution is 2.43. The van der Waals surface area contributed by atoms with Crippen molar-refractivity contribution in [3.63, 3.8) is 0 Å². The van der Waals surface area contributed by atoms with Crippen LogP contribution in [0.1, 0.15) is 76.1 Å². The number of carbonyl (C=O) groups is 5. The normalized spacial score (nSPS) is 20.2. The van der Waals surface area contributed by atoms with Gasteiger partial charge in [-0.15, -0.1) is 0 Å². The van der Waals surface area contributed by atoms with Crippen molar-refractivity contribution in [2.75, 3.05) is 47.5 Å². The first-order chi connectivity index (χ1) is 32.5. The van der Waals surface area contributed by atoms with Crippen molar-refractivity contribution in [1.82, 2.24) is 35.1 Å². The van der Waals surface area contributed by atoms with E-state index in [4.69, 9.17) is 14.2 Å². The number of carbonyl (C=O) groups excluding carboxylic acids is 5. The number of methoxy groups -OCH3 is 2. The number of hydrazine groups is 1. The van der Waals surface area contributed by atoms with Gasteiger partial charge < -0.3 is 39.0 Å². The highest BCUT2D eigenvalue weighted by Gasteiger charge is 2.40. The summed E-state index contributed by atoms with van der Waals surface area (Å²) in [6.07, 6.45) is 6.76. The molecule has 4 atom stereocenters. The predicted octanol–water partition coefficient (Wildman–Crippen LogP) is 5.55. The number of phenolic OH excluding ortho intramolecular Hbond substituents is 1. The maximum Gasteiger partial charge on any atom is 0.324 e. The number of ether oxygens (including phenoxy) is 3. The third-order valence-electron chi connectivity index (χ3n) is 13.5. The Balaban J connectivity index is 1.33. The summed E-state index contributed by atoms with van der Waals surface area (Å²) in [5, 5.41) is 16.7. The second-order valence-electron chi connectivity index (χ2n) is 19.5.